The average molecular weight is 266 g/mol. The Hall–Kier alpha value is -1.04. The molecule has 98 valence electrons. The number of thioether (sulfide) groups is 1. The SMILES string of the molecule is CNCC(C)(O)c1ccc2c(c1)NC(=O)C(C)S2. The van der Waals surface area contributed by atoms with Gasteiger partial charge in [-0.1, -0.05) is 6.07 Å². The lowest BCUT2D eigenvalue weighted by atomic mass is 9.95. The first kappa shape index (κ1) is 13.4. The fraction of sp³-hybridized carbons (Fsp3) is 0.462. The second kappa shape index (κ2) is 4.91. The largest absolute Gasteiger partial charge is 0.384 e. The molecule has 0 saturated heterocycles. The number of aliphatic hydroxyl groups is 1. The fourth-order valence-corrected chi connectivity index (χ4v) is 2.92. The minimum atomic E-state index is -0.942. The van der Waals surface area contributed by atoms with Crippen molar-refractivity contribution in [3.05, 3.63) is 23.8 Å². The molecular weight excluding hydrogens is 248 g/mol. The van der Waals surface area contributed by atoms with Crippen LogP contribution in [0.5, 0.6) is 0 Å². The molecule has 2 rings (SSSR count). The number of hydrogen-bond donors (Lipinski definition) is 3. The molecule has 0 radical (unpaired) electrons. The molecule has 0 aromatic heterocycles. The van der Waals surface area contributed by atoms with Crippen LogP contribution in [-0.4, -0.2) is 29.9 Å². The van der Waals surface area contributed by atoms with E-state index in [2.05, 4.69) is 10.6 Å². The van der Waals surface area contributed by atoms with Crippen LogP contribution in [0.25, 0.3) is 0 Å². The quantitative estimate of drug-likeness (QED) is 0.777. The standard InChI is InChI=1S/C13H18N2O2S/c1-8-12(16)15-10-6-9(4-5-11(10)18-8)13(2,17)7-14-3/h4-6,8,14,17H,7H2,1-3H3,(H,15,16). The van der Waals surface area contributed by atoms with Gasteiger partial charge in [0.05, 0.1) is 16.5 Å². The molecule has 3 N–H and O–H groups in total. The van der Waals surface area contributed by atoms with Crippen LogP contribution in [-0.2, 0) is 10.4 Å². The van der Waals surface area contributed by atoms with Gasteiger partial charge in [0, 0.05) is 11.4 Å². The molecule has 5 heteroatoms. The van der Waals surface area contributed by atoms with Gasteiger partial charge in [-0.05, 0) is 38.6 Å². The van der Waals surface area contributed by atoms with Crippen molar-refractivity contribution in [3.63, 3.8) is 0 Å². The van der Waals surface area contributed by atoms with Gasteiger partial charge in [0.25, 0.3) is 0 Å². The molecular formula is C13H18N2O2S. The summed E-state index contributed by atoms with van der Waals surface area (Å²) < 4.78 is 0. The molecule has 1 aliphatic heterocycles. The van der Waals surface area contributed by atoms with E-state index in [4.69, 9.17) is 0 Å². The Balaban J connectivity index is 2.33. The molecule has 1 amide bonds. The number of anilines is 1. The molecule has 2 atom stereocenters. The number of likely N-dealkylation sites (N-methyl/N-ethyl adjacent to an activating group) is 1. The molecule has 0 fully saturated rings. The van der Waals surface area contributed by atoms with Crippen molar-refractivity contribution in [1.82, 2.24) is 5.32 Å². The Morgan fingerprint density at radius 2 is 2.28 bits per heavy atom. The smallest absolute Gasteiger partial charge is 0.237 e. The van der Waals surface area contributed by atoms with Crippen molar-refractivity contribution in [2.24, 2.45) is 0 Å². The number of hydrogen-bond acceptors (Lipinski definition) is 4. The zero-order valence-corrected chi connectivity index (χ0v) is 11.6. The van der Waals surface area contributed by atoms with Crippen molar-refractivity contribution < 1.29 is 9.90 Å². The second-order valence-corrected chi connectivity index (χ2v) is 6.15. The Morgan fingerprint density at radius 1 is 1.56 bits per heavy atom. The van der Waals surface area contributed by atoms with Crippen LogP contribution in [0.1, 0.15) is 19.4 Å². The third-order valence-corrected chi connectivity index (χ3v) is 4.23. The van der Waals surface area contributed by atoms with E-state index < -0.39 is 5.60 Å². The number of rotatable bonds is 3. The predicted octanol–water partition coefficient (Wildman–Crippen LogP) is 1.55. The normalized spacial score (nSPS) is 22.0. The summed E-state index contributed by atoms with van der Waals surface area (Å²) in [6.07, 6.45) is 0. The zero-order chi connectivity index (χ0) is 13.3. The average Bonchev–Trinajstić information content (AvgIpc) is 2.30. The van der Waals surface area contributed by atoms with Crippen molar-refractivity contribution in [3.8, 4) is 0 Å². The first-order valence-electron chi connectivity index (χ1n) is 5.93. The van der Waals surface area contributed by atoms with Crippen LogP contribution in [0.4, 0.5) is 5.69 Å². The van der Waals surface area contributed by atoms with Gasteiger partial charge in [-0.2, -0.15) is 0 Å². The van der Waals surface area contributed by atoms with Crippen LogP contribution < -0.4 is 10.6 Å². The van der Waals surface area contributed by atoms with E-state index in [1.165, 1.54) is 0 Å². The van der Waals surface area contributed by atoms with E-state index >= 15 is 0 Å². The van der Waals surface area contributed by atoms with Gasteiger partial charge < -0.3 is 15.7 Å². The number of amides is 1. The molecule has 0 bridgehead atoms. The third-order valence-electron chi connectivity index (χ3n) is 3.05. The number of carbonyl (C=O) groups is 1. The Morgan fingerprint density at radius 3 is 2.94 bits per heavy atom. The fourth-order valence-electron chi connectivity index (χ4n) is 1.99. The molecule has 2 unspecified atom stereocenters. The minimum absolute atomic E-state index is 0.0120. The monoisotopic (exact) mass is 266 g/mol. The first-order valence-corrected chi connectivity index (χ1v) is 6.81. The van der Waals surface area contributed by atoms with Crippen molar-refractivity contribution in [2.75, 3.05) is 18.9 Å². The van der Waals surface area contributed by atoms with Gasteiger partial charge in [-0.3, -0.25) is 4.79 Å². The van der Waals surface area contributed by atoms with Crippen LogP contribution in [0.2, 0.25) is 0 Å². The van der Waals surface area contributed by atoms with Crippen molar-refractivity contribution in [1.29, 1.82) is 0 Å². The lowest BCUT2D eigenvalue weighted by molar-refractivity contribution is -0.115. The lowest BCUT2D eigenvalue weighted by Gasteiger charge is -2.27. The van der Waals surface area contributed by atoms with Gasteiger partial charge in [-0.15, -0.1) is 11.8 Å². The zero-order valence-electron chi connectivity index (χ0n) is 10.8. The summed E-state index contributed by atoms with van der Waals surface area (Å²) in [7, 11) is 1.80. The lowest BCUT2D eigenvalue weighted by Crippen LogP contribution is -2.34. The predicted molar refractivity (Wildman–Crippen MR) is 73.9 cm³/mol. The number of carbonyl (C=O) groups excluding carboxylic acids is 1. The first-order chi connectivity index (χ1) is 8.44. The second-order valence-electron chi connectivity index (χ2n) is 4.76. The van der Waals surface area contributed by atoms with E-state index in [0.29, 0.717) is 6.54 Å². The van der Waals surface area contributed by atoms with E-state index in [1.807, 2.05) is 25.1 Å². The maximum atomic E-state index is 11.6. The highest BCUT2D eigenvalue weighted by Gasteiger charge is 2.27. The van der Waals surface area contributed by atoms with E-state index in [1.54, 1.807) is 25.7 Å². The maximum Gasteiger partial charge on any atom is 0.237 e. The number of fused-ring (bicyclic) bond motifs is 1. The van der Waals surface area contributed by atoms with Gasteiger partial charge >= 0.3 is 0 Å². The van der Waals surface area contributed by atoms with Crippen LogP contribution in [0.15, 0.2) is 23.1 Å². The highest BCUT2D eigenvalue weighted by Crippen LogP contribution is 2.37. The molecule has 1 aromatic carbocycles. The number of nitrogens with one attached hydrogen (secondary N) is 2. The maximum absolute atomic E-state index is 11.6. The summed E-state index contributed by atoms with van der Waals surface area (Å²) in [5.74, 6) is 0.0120. The molecule has 0 spiro atoms. The van der Waals surface area contributed by atoms with Crippen LogP contribution in [0.3, 0.4) is 0 Å². The molecule has 0 aliphatic carbocycles. The summed E-state index contributed by atoms with van der Waals surface area (Å²) in [5, 5.41) is 16.1. The molecule has 18 heavy (non-hydrogen) atoms. The third kappa shape index (κ3) is 2.53. The van der Waals surface area contributed by atoms with E-state index in [0.717, 1.165) is 16.1 Å². The number of benzene rings is 1. The molecule has 1 heterocycles. The van der Waals surface area contributed by atoms with Crippen LogP contribution >= 0.6 is 11.8 Å². The summed E-state index contributed by atoms with van der Waals surface area (Å²) in [6, 6.07) is 5.71. The van der Waals surface area contributed by atoms with E-state index in [-0.39, 0.29) is 11.2 Å². The topological polar surface area (TPSA) is 61.4 Å². The highest BCUT2D eigenvalue weighted by molar-refractivity contribution is 8.00. The van der Waals surface area contributed by atoms with Gasteiger partial charge in [-0.25, -0.2) is 0 Å². The highest BCUT2D eigenvalue weighted by atomic mass is 32.2. The Bertz CT molecular complexity index is 474. The molecule has 4 nitrogen and oxygen atoms in total. The summed E-state index contributed by atoms with van der Waals surface area (Å²) in [6.45, 7) is 4.10. The van der Waals surface area contributed by atoms with E-state index in [9.17, 15) is 9.90 Å². The summed E-state index contributed by atoms with van der Waals surface area (Å²) >= 11 is 1.54. The van der Waals surface area contributed by atoms with Crippen molar-refractivity contribution in [2.45, 2.75) is 29.6 Å². The molecule has 1 aliphatic rings. The minimum Gasteiger partial charge on any atom is -0.384 e. The van der Waals surface area contributed by atoms with Gasteiger partial charge in [0.15, 0.2) is 0 Å². The van der Waals surface area contributed by atoms with Crippen molar-refractivity contribution >= 4 is 23.4 Å². The van der Waals surface area contributed by atoms with Crippen LogP contribution in [0, 0.1) is 0 Å². The van der Waals surface area contributed by atoms with Gasteiger partial charge in [0.1, 0.15) is 0 Å². The van der Waals surface area contributed by atoms with Gasteiger partial charge in [0.2, 0.25) is 5.91 Å². The molecule has 0 saturated carbocycles. The summed E-state index contributed by atoms with van der Waals surface area (Å²) in [4.78, 5) is 12.7. The molecule has 1 aromatic rings. The summed E-state index contributed by atoms with van der Waals surface area (Å²) in [5.41, 5.74) is 0.644. The Kier molecular flexibility index (Phi) is 3.66. The Labute approximate surface area is 111 Å².